The molecule has 2 N–H and O–H groups in total. The monoisotopic (exact) mass is 1170 g/mol. The van der Waals surface area contributed by atoms with Gasteiger partial charge in [0.05, 0.1) is 39.6 Å². The third kappa shape index (κ3) is 26.6. The molecule has 0 fully saturated rings. The van der Waals surface area contributed by atoms with E-state index in [1.54, 1.807) is 0 Å². The number of rotatable bonds is 43. The van der Waals surface area contributed by atoms with Crippen LogP contribution in [-0.4, -0.2) is 157 Å². The molecule has 1 rings (SSSR count). The highest BCUT2D eigenvalue weighted by atomic mass is 32.2. The summed E-state index contributed by atoms with van der Waals surface area (Å²) in [5, 5.41) is 5.00. The number of alkyl halides is 10. The fourth-order valence-electron chi connectivity index (χ4n) is 5.94. The SMILES string of the molecule is C=C(C)C(=O)OCCOCCNC(=O)OCCCCCCSCCCn1c(=O)n(CCCSCCCCCCOC(=O)NCCOCCOC(=O)C(=C)C)c(=O)n(CC(F)(F)C(F)(F)OC(F)(F)C(F)(F)C(C)(F)F)c1=O. The number of aromatic nitrogens is 3. The number of ether oxygens (including phenoxy) is 7. The van der Waals surface area contributed by atoms with Crippen LogP contribution in [0.4, 0.5) is 53.5 Å². The van der Waals surface area contributed by atoms with Gasteiger partial charge in [-0.3, -0.25) is 0 Å². The molecule has 0 bridgehead atoms. The van der Waals surface area contributed by atoms with Crippen LogP contribution < -0.4 is 27.7 Å². The lowest BCUT2D eigenvalue weighted by Crippen LogP contribution is -2.61. The second kappa shape index (κ2) is 35.7. The highest BCUT2D eigenvalue weighted by molar-refractivity contribution is 7.99. The zero-order chi connectivity index (χ0) is 58.3. The van der Waals surface area contributed by atoms with Gasteiger partial charge >= 0.3 is 71.2 Å². The molecule has 1 aromatic heterocycles. The van der Waals surface area contributed by atoms with Gasteiger partial charge in [0, 0.05) is 44.2 Å². The molecule has 1 aromatic rings. The lowest BCUT2D eigenvalue weighted by molar-refractivity contribution is -0.485. The summed E-state index contributed by atoms with van der Waals surface area (Å²) in [6.45, 7) is 6.38. The Labute approximate surface area is 446 Å². The van der Waals surface area contributed by atoms with Gasteiger partial charge in [-0.05, 0) is 75.4 Å². The lowest BCUT2D eigenvalue weighted by atomic mass is 10.2. The van der Waals surface area contributed by atoms with Crippen molar-refractivity contribution in [3.8, 4) is 0 Å². The third-order valence-corrected chi connectivity index (χ3v) is 12.5. The van der Waals surface area contributed by atoms with E-state index in [-0.39, 0.29) is 111 Å². The van der Waals surface area contributed by atoms with Gasteiger partial charge in [-0.25, -0.2) is 52.0 Å². The minimum absolute atomic E-state index is 0.0136. The standard InChI is InChI=1S/C46H69F10N5O14S2/c1-33(2)35(62)71-26-24-69-22-16-57-37(64)73-20-10-6-8-12-28-76-30-14-18-59-39(66)60(41(68)61(40(59)67)32-43(49,50)45(53,54)75-46(55,56)44(51,52)42(5,47)48)19-15-31-77-29-13-9-7-11-21-74-38(65)58-17-23-70-25-27-72-36(63)34(3)4/h1,3,6-32H2,2,4-5H3,(H,57,64)(H,58,65). The van der Waals surface area contributed by atoms with E-state index in [0.29, 0.717) is 62.9 Å². The van der Waals surface area contributed by atoms with Crippen molar-refractivity contribution in [3.05, 3.63) is 55.8 Å². The topological polar surface area (TPSA) is 223 Å². The van der Waals surface area contributed by atoms with Crippen LogP contribution >= 0.6 is 23.5 Å². The molecular formula is C46H69F10N5O14S2. The summed E-state index contributed by atoms with van der Waals surface area (Å²) in [5.74, 6) is -18.1. The van der Waals surface area contributed by atoms with Crippen LogP contribution in [0.15, 0.2) is 38.7 Å². The number of esters is 2. The molecule has 0 spiro atoms. The Morgan fingerprint density at radius 1 is 0.494 bits per heavy atom. The van der Waals surface area contributed by atoms with Crippen LogP contribution in [0.5, 0.6) is 0 Å². The summed E-state index contributed by atoms with van der Waals surface area (Å²) in [6.07, 6.45) is -9.74. The predicted molar refractivity (Wildman–Crippen MR) is 263 cm³/mol. The molecule has 0 aliphatic carbocycles. The summed E-state index contributed by atoms with van der Waals surface area (Å²) in [4.78, 5) is 86.3. The fraction of sp³-hybridized carbons (Fsp3) is 0.761. The maximum Gasteiger partial charge on any atom is 0.430 e. The summed E-state index contributed by atoms with van der Waals surface area (Å²) in [6, 6.07) is 0. The largest absolute Gasteiger partial charge is 0.460 e. The summed E-state index contributed by atoms with van der Waals surface area (Å²) >= 11 is 2.70. The van der Waals surface area contributed by atoms with Crippen molar-refractivity contribution in [2.24, 2.45) is 0 Å². The Kier molecular flexibility index (Phi) is 32.6. The second-order valence-corrected chi connectivity index (χ2v) is 19.4. The molecule has 0 aromatic carbocycles. The van der Waals surface area contributed by atoms with E-state index in [2.05, 4.69) is 28.5 Å². The average molecular weight is 1170 g/mol. The molecule has 0 atom stereocenters. The van der Waals surface area contributed by atoms with E-state index in [1.807, 2.05) is 0 Å². The van der Waals surface area contributed by atoms with Crippen molar-refractivity contribution in [2.45, 2.75) is 135 Å². The Morgan fingerprint density at radius 2 is 0.870 bits per heavy atom. The molecule has 0 radical (unpaired) electrons. The van der Waals surface area contributed by atoms with E-state index in [4.69, 9.17) is 28.4 Å². The molecule has 2 amide bonds. The number of carbonyl (C=O) groups is 4. The molecule has 0 aliphatic rings. The molecule has 77 heavy (non-hydrogen) atoms. The molecule has 444 valence electrons. The molecule has 31 heteroatoms. The first-order valence-electron chi connectivity index (χ1n) is 24.3. The van der Waals surface area contributed by atoms with Gasteiger partial charge < -0.3 is 39.1 Å². The molecule has 0 saturated carbocycles. The lowest BCUT2D eigenvalue weighted by Gasteiger charge is -2.34. The zero-order valence-corrected chi connectivity index (χ0v) is 44.8. The average Bonchev–Trinajstić information content (AvgIpc) is 3.33. The smallest absolute Gasteiger partial charge is 0.430 e. The Hall–Kier alpha value is -4.75. The predicted octanol–water partition coefficient (Wildman–Crippen LogP) is 7.39. The van der Waals surface area contributed by atoms with Gasteiger partial charge in [-0.2, -0.15) is 67.4 Å². The van der Waals surface area contributed by atoms with Crippen molar-refractivity contribution < 1.29 is 96.2 Å². The summed E-state index contributed by atoms with van der Waals surface area (Å²) in [7, 11) is 0. The van der Waals surface area contributed by atoms with Gasteiger partial charge in [0.25, 0.3) is 0 Å². The third-order valence-electron chi connectivity index (χ3n) is 10.2. The fourth-order valence-corrected chi connectivity index (χ4v) is 7.83. The first kappa shape index (κ1) is 70.3. The number of nitrogens with one attached hydrogen (secondary N) is 2. The minimum atomic E-state index is -6.90. The Bertz CT molecular complexity index is 2080. The molecule has 0 saturated heterocycles. The van der Waals surface area contributed by atoms with E-state index >= 15 is 8.78 Å². The quantitative estimate of drug-likeness (QED) is 0.0214. The number of alkyl carbamates (subject to hydrolysis) is 2. The normalized spacial score (nSPS) is 12.3. The molecule has 1 heterocycles. The number of thioether (sulfide) groups is 2. The minimum Gasteiger partial charge on any atom is -0.460 e. The van der Waals surface area contributed by atoms with Gasteiger partial charge in [0.15, 0.2) is 0 Å². The van der Waals surface area contributed by atoms with Gasteiger partial charge in [-0.15, -0.1) is 0 Å². The van der Waals surface area contributed by atoms with Crippen molar-refractivity contribution in [1.82, 2.24) is 24.3 Å². The maximum atomic E-state index is 15.1. The van der Waals surface area contributed by atoms with E-state index < -0.39 is 102 Å². The number of carbonyl (C=O) groups excluding carboxylic acids is 4. The number of unbranched alkanes of at least 4 members (excludes halogenated alkanes) is 6. The Balaban J connectivity index is 2.75. The van der Waals surface area contributed by atoms with Crippen molar-refractivity contribution in [3.63, 3.8) is 0 Å². The van der Waals surface area contributed by atoms with Crippen LogP contribution in [0.25, 0.3) is 0 Å². The van der Waals surface area contributed by atoms with Gasteiger partial charge in [-0.1, -0.05) is 38.8 Å². The van der Waals surface area contributed by atoms with Crippen LogP contribution in [-0.2, 0) is 62.4 Å². The number of nitrogens with zero attached hydrogens (tertiary/aromatic N) is 3. The molecule has 0 unspecified atom stereocenters. The van der Waals surface area contributed by atoms with Crippen LogP contribution in [0.3, 0.4) is 0 Å². The number of halogens is 10. The number of amides is 2. The first-order chi connectivity index (χ1) is 36.0. The van der Waals surface area contributed by atoms with Crippen LogP contribution in [0, 0.1) is 0 Å². The van der Waals surface area contributed by atoms with Gasteiger partial charge in [0.2, 0.25) is 0 Å². The molecule has 19 nitrogen and oxygen atoms in total. The highest BCUT2D eigenvalue weighted by Crippen LogP contribution is 2.50. The maximum absolute atomic E-state index is 15.1. The summed E-state index contributed by atoms with van der Waals surface area (Å²) < 4.78 is 174. The van der Waals surface area contributed by atoms with E-state index in [9.17, 15) is 68.7 Å². The van der Waals surface area contributed by atoms with Crippen molar-refractivity contribution in [2.75, 3.05) is 89.0 Å². The van der Waals surface area contributed by atoms with Crippen molar-refractivity contribution >= 4 is 47.6 Å². The summed E-state index contributed by atoms with van der Waals surface area (Å²) in [5.41, 5.74) is -4.57. The van der Waals surface area contributed by atoms with Gasteiger partial charge in [0.1, 0.15) is 19.8 Å². The number of hydrogen-bond donors (Lipinski definition) is 2. The second-order valence-electron chi connectivity index (χ2n) is 17.0. The van der Waals surface area contributed by atoms with Crippen LogP contribution in [0.1, 0.15) is 85.0 Å². The Morgan fingerprint density at radius 3 is 1.26 bits per heavy atom. The molecule has 0 aliphatic heterocycles. The zero-order valence-electron chi connectivity index (χ0n) is 43.2. The number of hydrogen-bond acceptors (Lipinski definition) is 16. The van der Waals surface area contributed by atoms with Crippen LogP contribution in [0.2, 0.25) is 0 Å². The van der Waals surface area contributed by atoms with Crippen molar-refractivity contribution in [1.29, 1.82) is 0 Å². The van der Waals surface area contributed by atoms with E-state index in [1.165, 1.54) is 37.4 Å². The van der Waals surface area contributed by atoms with E-state index in [0.717, 1.165) is 0 Å². The first-order valence-corrected chi connectivity index (χ1v) is 26.6. The molecular weight excluding hydrogens is 1100 g/mol. The highest BCUT2D eigenvalue weighted by Gasteiger charge is 2.75.